The number of unbranched alkanes of at least 4 members (excludes halogenated alkanes) is 6. The van der Waals surface area contributed by atoms with E-state index in [1.54, 1.807) is 12.2 Å². The molecule has 0 rings (SSSR count). The molecule has 4 N–H and O–H groups in total. The average molecular weight is 769 g/mol. The Morgan fingerprint density at radius 3 is 1.79 bits per heavy atom. The lowest BCUT2D eigenvalue weighted by atomic mass is 10.0. The molecule has 0 radical (unpaired) electrons. The van der Waals surface area contributed by atoms with Gasteiger partial charge in [0.1, 0.15) is 12.7 Å². The van der Waals surface area contributed by atoms with Gasteiger partial charge < -0.3 is 29.7 Å². The van der Waals surface area contributed by atoms with E-state index in [-0.39, 0.29) is 19.3 Å². The highest BCUT2D eigenvalue weighted by atomic mass is 31.2. The molecule has 2 unspecified atom stereocenters. The van der Waals surface area contributed by atoms with E-state index in [9.17, 15) is 29.3 Å². The van der Waals surface area contributed by atoms with Crippen molar-refractivity contribution < 1.29 is 52.9 Å². The van der Waals surface area contributed by atoms with Gasteiger partial charge in [-0.3, -0.25) is 18.6 Å². The van der Waals surface area contributed by atoms with Crippen molar-refractivity contribution in [3.05, 3.63) is 72.9 Å². The van der Waals surface area contributed by atoms with Crippen LogP contribution in [-0.4, -0.2) is 76.9 Å². The first-order valence-corrected chi connectivity index (χ1v) is 20.9. The summed E-state index contributed by atoms with van der Waals surface area (Å²) in [4.78, 5) is 34.8. The van der Waals surface area contributed by atoms with Gasteiger partial charge in [-0.25, -0.2) is 4.57 Å². The van der Waals surface area contributed by atoms with Crippen LogP contribution in [0, 0.1) is 5.92 Å². The third-order valence-corrected chi connectivity index (χ3v) is 8.62. The number of aliphatic hydroxyl groups excluding tert-OH is 3. The van der Waals surface area contributed by atoms with Crippen molar-refractivity contribution in [2.45, 2.75) is 142 Å². The van der Waals surface area contributed by atoms with Crippen molar-refractivity contribution >= 4 is 19.8 Å². The van der Waals surface area contributed by atoms with Gasteiger partial charge in [-0.1, -0.05) is 139 Å². The molecule has 4 atom stereocenters. The summed E-state index contributed by atoms with van der Waals surface area (Å²) >= 11 is 0. The zero-order valence-electron chi connectivity index (χ0n) is 32.5. The van der Waals surface area contributed by atoms with Crippen LogP contribution in [-0.2, 0) is 32.7 Å². The molecule has 0 amide bonds. The standard InChI is InChI=1S/C41H69O11P/c1-4-5-6-7-8-9-10-11-12-13-14-15-16-19-22-25-28-37(43)30-31-41(46)52-39(35-51-53(47,48)50-33-38(44)32-42)34-49-40(45)29-26-23-20-17-18-21-24-27-36(2)3/h5-6,8-9,11-12,14-15,19,22,25,28,36-39,42-44H,4,7,10,13,16-18,20-21,23-24,26-27,29-35H2,1-3H3,(H,47,48)/b6-5-,9-8-,12-11-,15-14-,22-19-,28-25-/t37?,38-,39+/m0/s1. The average Bonchev–Trinajstić information content (AvgIpc) is 3.13. The van der Waals surface area contributed by atoms with Crippen LogP contribution < -0.4 is 0 Å². The summed E-state index contributed by atoms with van der Waals surface area (Å²) in [6.45, 7) is 4.19. The minimum absolute atomic E-state index is 0.0613. The lowest BCUT2D eigenvalue weighted by Crippen LogP contribution is -2.30. The van der Waals surface area contributed by atoms with Crippen molar-refractivity contribution in [2.75, 3.05) is 26.4 Å². The predicted octanol–water partition coefficient (Wildman–Crippen LogP) is 8.54. The van der Waals surface area contributed by atoms with Gasteiger partial charge in [0.25, 0.3) is 0 Å². The molecule has 0 fully saturated rings. The molecule has 53 heavy (non-hydrogen) atoms. The molecule has 304 valence electrons. The van der Waals surface area contributed by atoms with Gasteiger partial charge in [0.05, 0.1) is 25.9 Å². The second-order valence-electron chi connectivity index (χ2n) is 13.3. The first kappa shape index (κ1) is 50.4. The van der Waals surface area contributed by atoms with E-state index in [4.69, 9.17) is 19.1 Å². The second-order valence-corrected chi connectivity index (χ2v) is 14.7. The molecule has 0 aliphatic heterocycles. The highest BCUT2D eigenvalue weighted by molar-refractivity contribution is 7.47. The summed E-state index contributed by atoms with van der Waals surface area (Å²) in [7, 11) is -4.68. The molecule has 0 saturated heterocycles. The maximum atomic E-state index is 12.6. The van der Waals surface area contributed by atoms with Crippen molar-refractivity contribution in [3.63, 3.8) is 0 Å². The lowest BCUT2D eigenvalue weighted by Gasteiger charge is -2.20. The third kappa shape index (κ3) is 36.1. The summed E-state index contributed by atoms with van der Waals surface area (Å²) in [5.74, 6) is -0.493. The third-order valence-electron chi connectivity index (χ3n) is 7.67. The van der Waals surface area contributed by atoms with Crippen LogP contribution >= 0.6 is 7.82 Å². The molecule has 0 aliphatic carbocycles. The van der Waals surface area contributed by atoms with E-state index >= 15 is 0 Å². The summed E-state index contributed by atoms with van der Waals surface area (Å²) in [5, 5.41) is 28.5. The fourth-order valence-electron chi connectivity index (χ4n) is 4.64. The number of hydrogen-bond acceptors (Lipinski definition) is 10. The van der Waals surface area contributed by atoms with E-state index in [1.165, 1.54) is 25.7 Å². The van der Waals surface area contributed by atoms with E-state index in [0.29, 0.717) is 6.42 Å². The van der Waals surface area contributed by atoms with Crippen LogP contribution in [0.4, 0.5) is 0 Å². The van der Waals surface area contributed by atoms with Crippen molar-refractivity contribution in [1.29, 1.82) is 0 Å². The second kappa shape index (κ2) is 35.1. The first-order valence-electron chi connectivity index (χ1n) is 19.4. The van der Waals surface area contributed by atoms with Crippen molar-refractivity contribution in [3.8, 4) is 0 Å². The highest BCUT2D eigenvalue weighted by Gasteiger charge is 2.27. The van der Waals surface area contributed by atoms with Crippen molar-refractivity contribution in [1.82, 2.24) is 0 Å². The van der Waals surface area contributed by atoms with Crippen molar-refractivity contribution in [2.24, 2.45) is 5.92 Å². The molecule has 0 bridgehead atoms. The summed E-state index contributed by atoms with van der Waals surface area (Å²) in [5.41, 5.74) is 0. The molecule has 0 aliphatic rings. The Kier molecular flexibility index (Phi) is 33.4. The fraction of sp³-hybridized carbons (Fsp3) is 0.659. The number of phosphoric ester groups is 1. The Labute approximate surface area is 319 Å². The number of ether oxygens (including phenoxy) is 2. The molecule has 0 heterocycles. The van der Waals surface area contributed by atoms with Gasteiger partial charge in [-0.15, -0.1) is 0 Å². The van der Waals surface area contributed by atoms with Gasteiger partial charge in [-0.2, -0.15) is 0 Å². The number of carbonyl (C=O) groups excluding carboxylic acids is 2. The van der Waals surface area contributed by atoms with E-state index in [0.717, 1.165) is 57.3 Å². The number of rotatable bonds is 34. The molecule has 0 aromatic heterocycles. The quantitative estimate of drug-likeness (QED) is 0.0163. The Hall–Kier alpha value is -2.63. The minimum Gasteiger partial charge on any atom is -0.462 e. The number of esters is 2. The van der Waals surface area contributed by atoms with Gasteiger partial charge in [-0.05, 0) is 50.9 Å². The first-order chi connectivity index (χ1) is 25.5. The Balaban J connectivity index is 4.63. The lowest BCUT2D eigenvalue weighted by molar-refractivity contribution is -0.161. The van der Waals surface area contributed by atoms with Crippen LogP contribution in [0.3, 0.4) is 0 Å². The Morgan fingerprint density at radius 1 is 0.660 bits per heavy atom. The molecule has 0 saturated carbocycles. The number of carbonyl (C=O) groups is 2. The zero-order valence-corrected chi connectivity index (χ0v) is 33.4. The topological polar surface area (TPSA) is 169 Å². The van der Waals surface area contributed by atoms with Crippen LogP contribution in [0.2, 0.25) is 0 Å². The van der Waals surface area contributed by atoms with Gasteiger partial charge in [0.2, 0.25) is 0 Å². The van der Waals surface area contributed by atoms with Gasteiger partial charge >= 0.3 is 19.8 Å². The van der Waals surface area contributed by atoms with Crippen LogP contribution in [0.15, 0.2) is 72.9 Å². The maximum Gasteiger partial charge on any atom is 0.472 e. The van der Waals surface area contributed by atoms with E-state index in [2.05, 4.69) is 73.9 Å². The molecule has 0 aromatic carbocycles. The molecular formula is C41H69O11P. The van der Waals surface area contributed by atoms with Crippen LogP contribution in [0.1, 0.15) is 124 Å². The SMILES string of the molecule is CC/C=C\C/C=C\C/C=C\C/C=C\C/C=C\C=C/C(O)CCC(=O)O[C@H](COC(=O)CCCCCCCCCC(C)C)COP(=O)(O)OC[C@@H](O)CO. The summed E-state index contributed by atoms with van der Waals surface area (Å²) in [6.07, 6.45) is 33.7. The van der Waals surface area contributed by atoms with Gasteiger partial charge in [0.15, 0.2) is 6.10 Å². The van der Waals surface area contributed by atoms with Crippen LogP contribution in [0.5, 0.6) is 0 Å². The summed E-state index contributed by atoms with van der Waals surface area (Å²) in [6, 6.07) is 0. The predicted molar refractivity (Wildman–Crippen MR) is 211 cm³/mol. The van der Waals surface area contributed by atoms with E-state index in [1.807, 2.05) is 12.2 Å². The number of phosphoric acid groups is 1. The van der Waals surface area contributed by atoms with E-state index < -0.39 is 64.5 Å². The number of allylic oxidation sites excluding steroid dienone is 11. The zero-order chi connectivity index (χ0) is 39.4. The number of hydrogen-bond donors (Lipinski definition) is 4. The normalized spacial score (nSPS) is 15.5. The molecule has 0 aromatic rings. The number of aliphatic hydroxyl groups is 3. The molecule has 12 heteroatoms. The highest BCUT2D eigenvalue weighted by Crippen LogP contribution is 2.43. The fourth-order valence-corrected chi connectivity index (χ4v) is 5.43. The van der Waals surface area contributed by atoms with Crippen LogP contribution in [0.25, 0.3) is 0 Å². The maximum absolute atomic E-state index is 12.6. The molecule has 11 nitrogen and oxygen atoms in total. The molecular weight excluding hydrogens is 699 g/mol. The largest absolute Gasteiger partial charge is 0.472 e. The monoisotopic (exact) mass is 768 g/mol. The van der Waals surface area contributed by atoms with Gasteiger partial charge in [0, 0.05) is 12.8 Å². The smallest absolute Gasteiger partial charge is 0.462 e. The summed E-state index contributed by atoms with van der Waals surface area (Å²) < 4.78 is 32.4. The molecule has 0 spiro atoms. The Morgan fingerprint density at radius 2 is 1.21 bits per heavy atom. The minimum atomic E-state index is -4.68. The Bertz CT molecular complexity index is 1140.